The van der Waals surface area contributed by atoms with E-state index in [4.69, 9.17) is 5.21 Å². The maximum absolute atomic E-state index is 8.82. The van der Waals surface area contributed by atoms with Crippen molar-refractivity contribution in [2.45, 2.75) is 6.92 Å². The maximum atomic E-state index is 8.82. The van der Waals surface area contributed by atoms with Crippen LogP contribution in [-0.4, -0.2) is 10.9 Å². The molecule has 0 spiro atoms. The van der Waals surface area contributed by atoms with Crippen molar-refractivity contribution in [1.82, 2.24) is 0 Å². The smallest absolute Gasteiger partial charge is 0.0837 e. The average Bonchev–Trinajstić information content (AvgIpc) is 2.45. The third-order valence-electron chi connectivity index (χ3n) is 3.31. The maximum Gasteiger partial charge on any atom is 0.0837 e. The molecule has 0 fully saturated rings. The molecule has 0 heterocycles. The van der Waals surface area contributed by atoms with Crippen molar-refractivity contribution in [3.63, 3.8) is 0 Å². The van der Waals surface area contributed by atoms with Gasteiger partial charge in [0.15, 0.2) is 0 Å². The summed E-state index contributed by atoms with van der Waals surface area (Å²) in [5.41, 5.74) is 1.57. The second-order valence-corrected chi connectivity index (χ2v) is 4.41. The number of fused-ring (bicyclic) bond motifs is 3. The quantitative estimate of drug-likeness (QED) is 0.291. The van der Waals surface area contributed by atoms with Crippen LogP contribution in [0.1, 0.15) is 12.5 Å². The Morgan fingerprint density at radius 3 is 2.44 bits per heavy atom. The van der Waals surface area contributed by atoms with Crippen LogP contribution in [0.3, 0.4) is 0 Å². The lowest BCUT2D eigenvalue weighted by Gasteiger charge is -2.06. The van der Waals surface area contributed by atoms with E-state index in [0.717, 1.165) is 10.9 Å². The molecule has 3 rings (SSSR count). The van der Waals surface area contributed by atoms with Gasteiger partial charge in [0, 0.05) is 0 Å². The first kappa shape index (κ1) is 10.8. The van der Waals surface area contributed by atoms with Gasteiger partial charge >= 0.3 is 0 Å². The number of hydrogen-bond acceptors (Lipinski definition) is 2. The Morgan fingerprint density at radius 1 is 0.889 bits per heavy atom. The molecule has 0 radical (unpaired) electrons. The first-order valence-corrected chi connectivity index (χ1v) is 5.90. The second kappa shape index (κ2) is 4.15. The van der Waals surface area contributed by atoms with Crippen LogP contribution in [0.25, 0.3) is 21.5 Å². The topological polar surface area (TPSA) is 32.6 Å². The summed E-state index contributed by atoms with van der Waals surface area (Å²) in [5.74, 6) is 0. The molecular weight excluding hydrogens is 222 g/mol. The van der Waals surface area contributed by atoms with Crippen molar-refractivity contribution in [3.05, 3.63) is 60.2 Å². The summed E-state index contributed by atoms with van der Waals surface area (Å²) in [6.45, 7) is 1.79. The molecule has 0 atom stereocenters. The zero-order valence-electron chi connectivity index (χ0n) is 10.1. The Kier molecular flexibility index (Phi) is 2.49. The molecule has 0 aliphatic heterocycles. The SMILES string of the molecule is CC(=NO)c1ccc2c(ccc3ccccc32)c1. The van der Waals surface area contributed by atoms with Crippen molar-refractivity contribution >= 4 is 27.3 Å². The number of nitrogens with zero attached hydrogens (tertiary/aromatic N) is 1. The minimum absolute atomic E-state index is 0.630. The van der Waals surface area contributed by atoms with E-state index in [9.17, 15) is 0 Å². The molecular formula is C16H13NO. The first-order chi connectivity index (χ1) is 8.79. The summed E-state index contributed by atoms with van der Waals surface area (Å²) < 4.78 is 0. The van der Waals surface area contributed by atoms with Crippen LogP contribution in [0.4, 0.5) is 0 Å². The molecule has 1 N–H and O–H groups in total. The van der Waals surface area contributed by atoms with Crippen molar-refractivity contribution in [1.29, 1.82) is 0 Å². The predicted octanol–water partition coefficient (Wildman–Crippen LogP) is 4.19. The highest BCUT2D eigenvalue weighted by Crippen LogP contribution is 2.26. The highest BCUT2D eigenvalue weighted by Gasteiger charge is 2.03. The summed E-state index contributed by atoms with van der Waals surface area (Å²) >= 11 is 0. The van der Waals surface area contributed by atoms with E-state index in [1.165, 1.54) is 16.2 Å². The average molecular weight is 235 g/mol. The third-order valence-corrected chi connectivity index (χ3v) is 3.31. The van der Waals surface area contributed by atoms with E-state index in [-0.39, 0.29) is 0 Å². The minimum atomic E-state index is 0.630. The van der Waals surface area contributed by atoms with Gasteiger partial charge in [0.05, 0.1) is 5.71 Å². The van der Waals surface area contributed by atoms with Crippen LogP contribution in [0.2, 0.25) is 0 Å². The molecule has 0 amide bonds. The zero-order chi connectivity index (χ0) is 12.5. The van der Waals surface area contributed by atoms with Gasteiger partial charge in [-0.25, -0.2) is 0 Å². The van der Waals surface area contributed by atoms with E-state index >= 15 is 0 Å². The number of hydrogen-bond donors (Lipinski definition) is 1. The Bertz CT molecular complexity index is 759. The molecule has 3 aromatic carbocycles. The molecule has 0 bridgehead atoms. The Morgan fingerprint density at radius 2 is 1.61 bits per heavy atom. The molecule has 0 saturated carbocycles. The summed E-state index contributed by atoms with van der Waals surface area (Å²) in [6, 6.07) is 18.7. The van der Waals surface area contributed by atoms with Crippen molar-refractivity contribution < 1.29 is 5.21 Å². The standard InChI is InChI=1S/C16H13NO/c1-11(17-18)13-8-9-16-14(10-13)7-6-12-4-2-3-5-15(12)16/h2-10,18H,1H3. The second-order valence-electron chi connectivity index (χ2n) is 4.41. The van der Waals surface area contributed by atoms with Gasteiger partial charge in [-0.2, -0.15) is 0 Å². The lowest BCUT2D eigenvalue weighted by molar-refractivity contribution is 0.319. The van der Waals surface area contributed by atoms with Gasteiger partial charge in [-0.15, -0.1) is 0 Å². The molecule has 0 saturated heterocycles. The Balaban J connectivity index is 2.34. The van der Waals surface area contributed by atoms with Crippen molar-refractivity contribution in [2.75, 3.05) is 0 Å². The van der Waals surface area contributed by atoms with E-state index < -0.39 is 0 Å². The number of benzene rings is 3. The molecule has 88 valence electrons. The molecule has 0 aromatic heterocycles. The van der Waals surface area contributed by atoms with Crippen LogP contribution in [-0.2, 0) is 0 Å². The molecule has 18 heavy (non-hydrogen) atoms. The van der Waals surface area contributed by atoms with Gasteiger partial charge in [0.2, 0.25) is 0 Å². The fraction of sp³-hybridized carbons (Fsp3) is 0.0625. The molecule has 3 aromatic rings. The van der Waals surface area contributed by atoms with Gasteiger partial charge < -0.3 is 5.21 Å². The highest BCUT2D eigenvalue weighted by atomic mass is 16.4. The van der Waals surface area contributed by atoms with Gasteiger partial charge in [0.25, 0.3) is 0 Å². The largest absolute Gasteiger partial charge is 0.411 e. The van der Waals surface area contributed by atoms with Gasteiger partial charge in [-0.1, -0.05) is 53.7 Å². The lowest BCUT2D eigenvalue weighted by Crippen LogP contribution is -1.93. The summed E-state index contributed by atoms with van der Waals surface area (Å²) in [7, 11) is 0. The van der Waals surface area contributed by atoms with Crippen LogP contribution in [0, 0.1) is 0 Å². The van der Waals surface area contributed by atoms with Crippen molar-refractivity contribution in [2.24, 2.45) is 5.16 Å². The van der Waals surface area contributed by atoms with E-state index in [0.29, 0.717) is 5.71 Å². The van der Waals surface area contributed by atoms with Gasteiger partial charge in [0.1, 0.15) is 0 Å². The van der Waals surface area contributed by atoms with Crippen LogP contribution in [0.5, 0.6) is 0 Å². The summed E-state index contributed by atoms with van der Waals surface area (Å²) in [6.07, 6.45) is 0. The Hall–Kier alpha value is -2.35. The minimum Gasteiger partial charge on any atom is -0.411 e. The fourth-order valence-corrected chi connectivity index (χ4v) is 2.30. The van der Waals surface area contributed by atoms with Gasteiger partial charge in [-0.05, 0) is 40.1 Å². The van der Waals surface area contributed by atoms with Crippen molar-refractivity contribution in [3.8, 4) is 0 Å². The molecule has 2 heteroatoms. The first-order valence-electron chi connectivity index (χ1n) is 5.90. The molecule has 2 nitrogen and oxygen atoms in total. The predicted molar refractivity (Wildman–Crippen MR) is 75.5 cm³/mol. The van der Waals surface area contributed by atoms with E-state index in [1.54, 1.807) is 6.92 Å². The van der Waals surface area contributed by atoms with E-state index in [2.05, 4.69) is 47.6 Å². The third kappa shape index (κ3) is 1.63. The van der Waals surface area contributed by atoms with Crippen LogP contribution >= 0.6 is 0 Å². The fourth-order valence-electron chi connectivity index (χ4n) is 2.30. The zero-order valence-corrected chi connectivity index (χ0v) is 10.1. The lowest BCUT2D eigenvalue weighted by atomic mass is 9.99. The Labute approximate surface area is 105 Å². The monoisotopic (exact) mass is 235 g/mol. The normalized spacial score (nSPS) is 12.2. The molecule has 0 aliphatic carbocycles. The summed E-state index contributed by atoms with van der Waals surface area (Å²) in [5, 5.41) is 16.9. The summed E-state index contributed by atoms with van der Waals surface area (Å²) in [4.78, 5) is 0. The van der Waals surface area contributed by atoms with Gasteiger partial charge in [-0.3, -0.25) is 0 Å². The van der Waals surface area contributed by atoms with Crippen LogP contribution < -0.4 is 0 Å². The number of oxime groups is 1. The molecule has 0 aliphatic rings. The number of rotatable bonds is 1. The highest BCUT2D eigenvalue weighted by molar-refractivity contribution is 6.10. The molecule has 0 unspecified atom stereocenters. The van der Waals surface area contributed by atoms with E-state index in [1.807, 2.05) is 12.1 Å². The van der Waals surface area contributed by atoms with Crippen LogP contribution in [0.15, 0.2) is 59.8 Å².